The first-order valence-corrected chi connectivity index (χ1v) is 8.55. The molecule has 0 aromatic heterocycles. The zero-order valence-corrected chi connectivity index (χ0v) is 14.5. The molecule has 0 amide bonds. The molecule has 0 bridgehead atoms. The molecule has 0 fully saturated rings. The van der Waals surface area contributed by atoms with Crippen LogP contribution in [0.5, 0.6) is 5.75 Å². The lowest BCUT2D eigenvalue weighted by molar-refractivity contribution is -0.431. The van der Waals surface area contributed by atoms with E-state index in [0.29, 0.717) is 11.8 Å². The minimum atomic E-state index is 0.447. The number of nitrogens with zero attached hydrogens (tertiary/aromatic N) is 1. The van der Waals surface area contributed by atoms with Crippen LogP contribution in [0.2, 0.25) is 0 Å². The van der Waals surface area contributed by atoms with Crippen LogP contribution in [0.15, 0.2) is 42.5 Å². The van der Waals surface area contributed by atoms with E-state index in [1.54, 1.807) is 0 Å². The second-order valence-electron chi connectivity index (χ2n) is 6.87. The van der Waals surface area contributed by atoms with Gasteiger partial charge in [0.2, 0.25) is 5.69 Å². The third-order valence-electron chi connectivity index (χ3n) is 4.54. The fourth-order valence-corrected chi connectivity index (χ4v) is 3.21. The third-order valence-corrected chi connectivity index (χ3v) is 4.54. The van der Waals surface area contributed by atoms with Crippen LogP contribution in [0.1, 0.15) is 56.2 Å². The number of fused-ring (bicyclic) bond motifs is 1. The number of hydrogen-bond donors (Lipinski definition) is 0. The molecule has 1 heterocycles. The summed E-state index contributed by atoms with van der Waals surface area (Å²) in [4.78, 5) is 0. The Kier molecular flexibility index (Phi) is 4.51. The van der Waals surface area contributed by atoms with Gasteiger partial charge in [0.15, 0.2) is 6.54 Å². The van der Waals surface area contributed by atoms with Gasteiger partial charge in [-0.2, -0.15) is 4.58 Å². The van der Waals surface area contributed by atoms with Crippen molar-refractivity contribution in [2.24, 2.45) is 0 Å². The van der Waals surface area contributed by atoms with Crippen molar-refractivity contribution in [3.05, 3.63) is 59.2 Å². The molecule has 120 valence electrons. The molecule has 2 aromatic carbocycles. The van der Waals surface area contributed by atoms with Gasteiger partial charge in [-0.05, 0) is 23.0 Å². The summed E-state index contributed by atoms with van der Waals surface area (Å²) in [6.45, 7) is 9.87. The smallest absolute Gasteiger partial charge is 0.335 e. The predicted molar refractivity (Wildman–Crippen MR) is 96.2 cm³/mol. The molecule has 0 spiro atoms. The summed E-state index contributed by atoms with van der Waals surface area (Å²) in [5.74, 6) is 1.92. The Morgan fingerprint density at radius 3 is 2.22 bits per heavy atom. The summed E-state index contributed by atoms with van der Waals surface area (Å²) in [5.41, 5.74) is 5.22. The average molecular weight is 308 g/mol. The van der Waals surface area contributed by atoms with Gasteiger partial charge >= 0.3 is 6.40 Å². The van der Waals surface area contributed by atoms with Gasteiger partial charge in [-0.15, -0.1) is 0 Å². The lowest BCUT2D eigenvalue weighted by Crippen LogP contribution is -2.11. The monoisotopic (exact) mass is 308 g/mol. The van der Waals surface area contributed by atoms with Crippen molar-refractivity contribution < 1.29 is 9.31 Å². The Bertz CT molecular complexity index is 702. The summed E-state index contributed by atoms with van der Waals surface area (Å²) in [7, 11) is 0. The molecule has 0 N–H and O–H groups in total. The lowest BCUT2D eigenvalue weighted by atomic mass is 9.94. The van der Waals surface area contributed by atoms with Crippen molar-refractivity contribution >= 4 is 12.1 Å². The Morgan fingerprint density at radius 1 is 0.913 bits per heavy atom. The largest absolute Gasteiger partial charge is 0.410 e. The minimum absolute atomic E-state index is 0.447. The van der Waals surface area contributed by atoms with E-state index in [4.69, 9.17) is 4.74 Å². The maximum atomic E-state index is 6.23. The van der Waals surface area contributed by atoms with Crippen LogP contribution in [0.3, 0.4) is 0 Å². The van der Waals surface area contributed by atoms with E-state index in [1.807, 2.05) is 6.40 Å². The van der Waals surface area contributed by atoms with E-state index in [2.05, 4.69) is 74.7 Å². The quantitative estimate of drug-likeness (QED) is 0.555. The van der Waals surface area contributed by atoms with Gasteiger partial charge in [-0.25, -0.2) is 0 Å². The minimum Gasteiger partial charge on any atom is -0.410 e. The Labute approximate surface area is 139 Å². The van der Waals surface area contributed by atoms with Crippen molar-refractivity contribution in [2.75, 3.05) is 6.54 Å². The molecule has 0 unspecified atom stereocenters. The Balaban J connectivity index is 1.96. The molecule has 2 nitrogen and oxygen atoms in total. The molecule has 0 atom stereocenters. The standard InChI is InChI=1S/C21H26NO/c1-15(2)18-9-7-10-19(16(3)4)21(18)23-14-22-13-12-17-8-5-6-11-20(17)22/h5-11,14-16H,12-13H2,1-4H3/q+1. The zero-order valence-electron chi connectivity index (χ0n) is 14.5. The van der Waals surface area contributed by atoms with Gasteiger partial charge in [0.25, 0.3) is 0 Å². The van der Waals surface area contributed by atoms with Gasteiger partial charge in [0, 0.05) is 18.1 Å². The van der Waals surface area contributed by atoms with E-state index >= 15 is 0 Å². The maximum absolute atomic E-state index is 6.23. The molecule has 1 aliphatic rings. The second-order valence-corrected chi connectivity index (χ2v) is 6.87. The van der Waals surface area contributed by atoms with E-state index in [9.17, 15) is 0 Å². The first kappa shape index (κ1) is 15.8. The van der Waals surface area contributed by atoms with Crippen molar-refractivity contribution in [1.29, 1.82) is 0 Å². The highest BCUT2D eigenvalue weighted by molar-refractivity contribution is 5.57. The number of para-hydroxylation sites is 2. The molecule has 23 heavy (non-hydrogen) atoms. The number of rotatable bonds is 4. The molecule has 1 aliphatic heterocycles. The number of benzene rings is 2. The van der Waals surface area contributed by atoms with Crippen molar-refractivity contribution in [1.82, 2.24) is 0 Å². The summed E-state index contributed by atoms with van der Waals surface area (Å²) >= 11 is 0. The van der Waals surface area contributed by atoms with Crippen LogP contribution < -0.4 is 4.74 Å². The highest BCUT2D eigenvalue weighted by atomic mass is 16.5. The van der Waals surface area contributed by atoms with E-state index in [-0.39, 0.29) is 0 Å². The predicted octanol–water partition coefficient (Wildman–Crippen LogP) is 5.24. The van der Waals surface area contributed by atoms with Gasteiger partial charge in [-0.3, -0.25) is 0 Å². The Hall–Kier alpha value is -2.09. The highest BCUT2D eigenvalue weighted by Crippen LogP contribution is 2.34. The fraction of sp³-hybridized carbons (Fsp3) is 0.381. The lowest BCUT2D eigenvalue weighted by Gasteiger charge is -2.17. The fourth-order valence-electron chi connectivity index (χ4n) is 3.21. The second kappa shape index (κ2) is 6.57. The molecular weight excluding hydrogens is 282 g/mol. The van der Waals surface area contributed by atoms with Gasteiger partial charge < -0.3 is 4.74 Å². The van der Waals surface area contributed by atoms with E-state index in [0.717, 1.165) is 18.7 Å². The molecule has 0 saturated heterocycles. The average Bonchev–Trinajstić information content (AvgIpc) is 2.95. The molecule has 3 rings (SSSR count). The maximum Gasteiger partial charge on any atom is 0.335 e. The van der Waals surface area contributed by atoms with Gasteiger partial charge in [-0.1, -0.05) is 64.1 Å². The third kappa shape index (κ3) is 3.17. The summed E-state index contributed by atoms with van der Waals surface area (Å²) < 4.78 is 8.45. The Morgan fingerprint density at radius 2 is 1.57 bits per heavy atom. The molecule has 2 heteroatoms. The van der Waals surface area contributed by atoms with Gasteiger partial charge in [0.1, 0.15) is 5.75 Å². The molecule has 0 saturated carbocycles. The van der Waals surface area contributed by atoms with E-state index in [1.165, 1.54) is 22.4 Å². The van der Waals surface area contributed by atoms with Crippen LogP contribution in [0.25, 0.3) is 0 Å². The van der Waals surface area contributed by atoms with Crippen LogP contribution in [0.4, 0.5) is 5.69 Å². The molecule has 0 aliphatic carbocycles. The highest BCUT2D eigenvalue weighted by Gasteiger charge is 2.23. The SMILES string of the molecule is CC(C)c1cccc(C(C)C)c1OC=[N+]1CCc2ccccc21. The molecular formula is C21H26NO+. The van der Waals surface area contributed by atoms with Crippen molar-refractivity contribution in [3.63, 3.8) is 0 Å². The number of ether oxygens (including phenoxy) is 1. The van der Waals surface area contributed by atoms with E-state index < -0.39 is 0 Å². The van der Waals surface area contributed by atoms with Crippen LogP contribution in [0, 0.1) is 0 Å². The first-order chi connectivity index (χ1) is 11.1. The normalized spacial score (nSPS) is 15.5. The van der Waals surface area contributed by atoms with Gasteiger partial charge in [0.05, 0.1) is 0 Å². The number of hydrogen-bond acceptors (Lipinski definition) is 1. The molecule has 2 aromatic rings. The van der Waals surface area contributed by atoms with Crippen LogP contribution in [-0.4, -0.2) is 17.5 Å². The van der Waals surface area contributed by atoms with Crippen molar-refractivity contribution in [2.45, 2.75) is 46.0 Å². The first-order valence-electron chi connectivity index (χ1n) is 8.55. The summed E-state index contributed by atoms with van der Waals surface area (Å²) in [5, 5.41) is 0. The van der Waals surface area contributed by atoms with Crippen LogP contribution >= 0.6 is 0 Å². The summed E-state index contributed by atoms with van der Waals surface area (Å²) in [6.07, 6.45) is 2.98. The zero-order chi connectivity index (χ0) is 16.4. The van der Waals surface area contributed by atoms with Crippen LogP contribution in [-0.2, 0) is 6.42 Å². The molecule has 0 radical (unpaired) electrons. The summed E-state index contributed by atoms with van der Waals surface area (Å²) in [6, 6.07) is 15.1. The van der Waals surface area contributed by atoms with Crippen molar-refractivity contribution in [3.8, 4) is 5.75 Å². The topological polar surface area (TPSA) is 12.2 Å².